The fourth-order valence-electron chi connectivity index (χ4n) is 4.39. The third-order valence-electron chi connectivity index (χ3n) is 6.51. The SMILES string of the molecule is CCC(=O)[C@H](C[C@@H]1CCNC1=O)NC(=O)[C@H](CC1CC1)NC(=O)c1cc2cc(F)cc(F)c2[nH]1. The molecule has 182 valence electrons. The molecule has 1 aromatic carbocycles. The lowest BCUT2D eigenvalue weighted by Crippen LogP contribution is -2.52. The third kappa shape index (κ3) is 5.43. The van der Waals surface area contributed by atoms with Gasteiger partial charge in [-0.2, -0.15) is 0 Å². The van der Waals surface area contributed by atoms with Gasteiger partial charge in [0.25, 0.3) is 5.91 Å². The molecule has 0 spiro atoms. The summed E-state index contributed by atoms with van der Waals surface area (Å²) >= 11 is 0. The molecule has 0 bridgehead atoms. The molecule has 4 rings (SSSR count). The summed E-state index contributed by atoms with van der Waals surface area (Å²) in [4.78, 5) is 53.1. The van der Waals surface area contributed by atoms with E-state index in [0.717, 1.165) is 25.0 Å². The Bertz CT molecular complexity index is 1130. The molecule has 2 aliphatic rings. The highest BCUT2D eigenvalue weighted by atomic mass is 19.1. The molecule has 2 fully saturated rings. The highest BCUT2D eigenvalue weighted by molar-refractivity contribution is 6.01. The lowest BCUT2D eigenvalue weighted by molar-refractivity contribution is -0.130. The number of halogens is 2. The average molecular weight is 475 g/mol. The summed E-state index contributed by atoms with van der Waals surface area (Å²) in [6.45, 7) is 2.23. The summed E-state index contributed by atoms with van der Waals surface area (Å²) in [5, 5.41) is 8.36. The molecular formula is C24H28F2N4O4. The number of rotatable bonds is 10. The second-order valence-electron chi connectivity index (χ2n) is 9.13. The van der Waals surface area contributed by atoms with Crippen LogP contribution in [0.15, 0.2) is 18.2 Å². The lowest BCUT2D eigenvalue weighted by atomic mass is 9.94. The molecule has 34 heavy (non-hydrogen) atoms. The summed E-state index contributed by atoms with van der Waals surface area (Å²) < 4.78 is 27.5. The zero-order valence-corrected chi connectivity index (χ0v) is 18.9. The van der Waals surface area contributed by atoms with Crippen molar-refractivity contribution in [3.05, 3.63) is 35.5 Å². The Balaban J connectivity index is 1.48. The van der Waals surface area contributed by atoms with Gasteiger partial charge in [-0.25, -0.2) is 8.78 Å². The van der Waals surface area contributed by atoms with Gasteiger partial charge in [-0.05, 0) is 37.3 Å². The van der Waals surface area contributed by atoms with Crippen LogP contribution < -0.4 is 16.0 Å². The second-order valence-corrected chi connectivity index (χ2v) is 9.13. The molecule has 0 radical (unpaired) electrons. The third-order valence-corrected chi connectivity index (χ3v) is 6.51. The van der Waals surface area contributed by atoms with Crippen LogP contribution in [0.5, 0.6) is 0 Å². The van der Waals surface area contributed by atoms with Crippen molar-refractivity contribution in [2.24, 2.45) is 11.8 Å². The number of H-pyrrole nitrogens is 1. The number of hydrogen-bond donors (Lipinski definition) is 4. The molecule has 2 aromatic rings. The van der Waals surface area contributed by atoms with Gasteiger partial charge < -0.3 is 20.9 Å². The first-order chi connectivity index (χ1) is 16.2. The minimum absolute atomic E-state index is 0.00167. The molecule has 1 aliphatic heterocycles. The number of aromatic nitrogens is 1. The molecule has 10 heteroatoms. The van der Waals surface area contributed by atoms with E-state index in [1.54, 1.807) is 6.92 Å². The van der Waals surface area contributed by atoms with E-state index in [1.807, 2.05) is 0 Å². The molecule has 1 saturated carbocycles. The number of ketones is 1. The monoisotopic (exact) mass is 474 g/mol. The van der Waals surface area contributed by atoms with E-state index in [9.17, 15) is 28.0 Å². The second kappa shape index (κ2) is 9.90. The maximum atomic E-state index is 14.0. The fraction of sp³-hybridized carbons (Fsp3) is 0.500. The highest BCUT2D eigenvalue weighted by Gasteiger charge is 2.35. The van der Waals surface area contributed by atoms with E-state index in [0.29, 0.717) is 19.4 Å². The van der Waals surface area contributed by atoms with Crippen molar-refractivity contribution in [3.63, 3.8) is 0 Å². The summed E-state index contributed by atoms with van der Waals surface area (Å²) in [7, 11) is 0. The van der Waals surface area contributed by atoms with Gasteiger partial charge in [0, 0.05) is 30.3 Å². The Labute approximate surface area is 195 Å². The van der Waals surface area contributed by atoms with Crippen molar-refractivity contribution in [3.8, 4) is 0 Å². The molecular weight excluding hydrogens is 446 g/mol. The Morgan fingerprint density at radius 2 is 1.82 bits per heavy atom. The van der Waals surface area contributed by atoms with E-state index in [4.69, 9.17) is 0 Å². The molecule has 4 N–H and O–H groups in total. The first-order valence-electron chi connectivity index (χ1n) is 11.6. The van der Waals surface area contributed by atoms with Gasteiger partial charge in [0.1, 0.15) is 23.4 Å². The van der Waals surface area contributed by atoms with Crippen molar-refractivity contribution in [2.45, 2.75) is 57.5 Å². The quantitative estimate of drug-likeness (QED) is 0.422. The molecule has 1 aliphatic carbocycles. The zero-order valence-electron chi connectivity index (χ0n) is 18.9. The first kappa shape index (κ1) is 23.8. The predicted molar refractivity (Wildman–Crippen MR) is 120 cm³/mol. The van der Waals surface area contributed by atoms with Gasteiger partial charge >= 0.3 is 0 Å². The lowest BCUT2D eigenvalue weighted by Gasteiger charge is -2.24. The van der Waals surface area contributed by atoms with Crippen molar-refractivity contribution in [1.82, 2.24) is 20.9 Å². The van der Waals surface area contributed by atoms with Crippen molar-refractivity contribution >= 4 is 34.4 Å². The van der Waals surface area contributed by atoms with Crippen molar-refractivity contribution < 1.29 is 28.0 Å². The smallest absolute Gasteiger partial charge is 0.268 e. The van der Waals surface area contributed by atoms with Crippen LogP contribution in [-0.4, -0.2) is 47.1 Å². The van der Waals surface area contributed by atoms with Crippen molar-refractivity contribution in [2.75, 3.05) is 6.54 Å². The van der Waals surface area contributed by atoms with Crippen LogP contribution in [0.4, 0.5) is 8.78 Å². The molecule has 2 heterocycles. The minimum Gasteiger partial charge on any atom is -0.356 e. The highest BCUT2D eigenvalue weighted by Crippen LogP contribution is 2.33. The van der Waals surface area contributed by atoms with Crippen LogP contribution in [0.1, 0.15) is 55.9 Å². The minimum atomic E-state index is -0.905. The molecule has 1 saturated heterocycles. The van der Waals surface area contributed by atoms with Gasteiger partial charge in [-0.15, -0.1) is 0 Å². The summed E-state index contributed by atoms with van der Waals surface area (Å²) in [5.41, 5.74) is -0.00454. The number of carbonyl (C=O) groups excluding carboxylic acids is 4. The number of nitrogens with one attached hydrogen (secondary N) is 4. The maximum Gasteiger partial charge on any atom is 0.268 e. The molecule has 3 amide bonds. The van der Waals surface area contributed by atoms with Gasteiger partial charge in [0.2, 0.25) is 11.8 Å². The summed E-state index contributed by atoms with van der Waals surface area (Å²) in [6, 6.07) is 1.43. The molecule has 0 unspecified atom stereocenters. The molecule has 1 aromatic heterocycles. The topological polar surface area (TPSA) is 120 Å². The Morgan fingerprint density at radius 3 is 2.47 bits per heavy atom. The van der Waals surface area contributed by atoms with Crippen molar-refractivity contribution in [1.29, 1.82) is 0 Å². The fourth-order valence-corrected chi connectivity index (χ4v) is 4.39. The Morgan fingerprint density at radius 1 is 1.06 bits per heavy atom. The first-order valence-corrected chi connectivity index (χ1v) is 11.6. The average Bonchev–Trinajstić information content (AvgIpc) is 3.36. The van der Waals surface area contributed by atoms with Gasteiger partial charge in [0.15, 0.2) is 5.78 Å². The van der Waals surface area contributed by atoms with Crippen LogP contribution >= 0.6 is 0 Å². The van der Waals surface area contributed by atoms with Crippen LogP contribution in [0.2, 0.25) is 0 Å². The number of Topliss-reactive ketones (excluding diaryl/α,β-unsaturated/α-hetero) is 1. The normalized spacial score (nSPS) is 19.5. The maximum absolute atomic E-state index is 14.0. The van der Waals surface area contributed by atoms with Crippen LogP contribution in [0.3, 0.4) is 0 Å². The van der Waals surface area contributed by atoms with Crippen LogP contribution in [0.25, 0.3) is 10.9 Å². The summed E-state index contributed by atoms with van der Waals surface area (Å²) in [5.74, 6) is -3.09. The molecule has 3 atom stereocenters. The summed E-state index contributed by atoms with van der Waals surface area (Å²) in [6.07, 6.45) is 3.29. The largest absolute Gasteiger partial charge is 0.356 e. The number of benzene rings is 1. The van der Waals surface area contributed by atoms with E-state index in [1.165, 1.54) is 6.07 Å². The number of fused-ring (bicyclic) bond motifs is 1. The van der Waals surface area contributed by atoms with Crippen LogP contribution in [0, 0.1) is 23.5 Å². The Kier molecular flexibility index (Phi) is 6.95. The van der Waals surface area contributed by atoms with Crippen LogP contribution in [-0.2, 0) is 14.4 Å². The van der Waals surface area contributed by atoms with E-state index >= 15 is 0 Å². The van der Waals surface area contributed by atoms with Gasteiger partial charge in [-0.1, -0.05) is 19.8 Å². The Hall–Kier alpha value is -3.30. The number of aromatic amines is 1. The zero-order chi connectivity index (χ0) is 24.4. The predicted octanol–water partition coefficient (Wildman–Crippen LogP) is 2.33. The number of amides is 3. The standard InChI is InChI=1S/C24H28F2N4O4/c1-2-20(31)17(9-13-5-6-27-22(13)32)29-23(33)18(7-12-3-4-12)30-24(34)19-10-14-8-15(25)11-16(26)21(14)28-19/h8,10-13,17-18,28H,2-7,9H2,1H3,(H,27,32)(H,29,33)(H,30,34)/t13-,17-,18-/m0/s1. The van der Waals surface area contributed by atoms with E-state index in [2.05, 4.69) is 20.9 Å². The van der Waals surface area contributed by atoms with E-state index < -0.39 is 35.5 Å². The number of hydrogen-bond acceptors (Lipinski definition) is 4. The van der Waals surface area contributed by atoms with E-state index in [-0.39, 0.29) is 53.0 Å². The van der Waals surface area contributed by atoms with Gasteiger partial charge in [0.05, 0.1) is 11.6 Å². The molecule has 8 nitrogen and oxygen atoms in total. The number of carbonyl (C=O) groups is 4. The van der Waals surface area contributed by atoms with Gasteiger partial charge in [-0.3, -0.25) is 19.2 Å².